The van der Waals surface area contributed by atoms with Gasteiger partial charge in [-0.05, 0) is 36.6 Å². The van der Waals surface area contributed by atoms with Crippen molar-refractivity contribution < 1.29 is 23.0 Å². The molecule has 1 saturated carbocycles. The third kappa shape index (κ3) is 4.19. The Balaban J connectivity index is 2.08. The molecule has 0 aromatic heterocycles. The van der Waals surface area contributed by atoms with E-state index in [4.69, 9.17) is 9.47 Å². The Labute approximate surface area is 128 Å². The molecular formula is C16H19F2NO3. The molecule has 22 heavy (non-hydrogen) atoms. The van der Waals surface area contributed by atoms with Crippen LogP contribution < -0.4 is 9.47 Å². The molecule has 6 heteroatoms. The number of benzene rings is 1. The summed E-state index contributed by atoms with van der Waals surface area (Å²) in [5.74, 6) is 0.740. The third-order valence-corrected chi connectivity index (χ3v) is 3.43. The van der Waals surface area contributed by atoms with E-state index >= 15 is 0 Å². The Morgan fingerprint density at radius 3 is 2.55 bits per heavy atom. The van der Waals surface area contributed by atoms with Gasteiger partial charge < -0.3 is 14.4 Å². The summed E-state index contributed by atoms with van der Waals surface area (Å²) in [5.41, 5.74) is 0.735. The first kappa shape index (κ1) is 16.3. The summed E-state index contributed by atoms with van der Waals surface area (Å²) in [6.07, 6.45) is 1.98. The van der Waals surface area contributed by atoms with Gasteiger partial charge in [-0.15, -0.1) is 0 Å². The van der Waals surface area contributed by atoms with Crippen LogP contribution in [0.5, 0.6) is 11.5 Å². The number of methoxy groups -OCH3 is 2. The van der Waals surface area contributed by atoms with Crippen molar-refractivity contribution in [1.29, 1.82) is 0 Å². The highest BCUT2D eigenvalue weighted by molar-refractivity contribution is 5.92. The van der Waals surface area contributed by atoms with Gasteiger partial charge in [0.2, 0.25) is 5.91 Å². The Morgan fingerprint density at radius 2 is 2.00 bits per heavy atom. The van der Waals surface area contributed by atoms with Gasteiger partial charge in [-0.2, -0.15) is 0 Å². The highest BCUT2D eigenvalue weighted by Gasteiger charge is 2.33. The minimum atomic E-state index is -2.51. The molecule has 1 aliphatic carbocycles. The van der Waals surface area contributed by atoms with Crippen molar-refractivity contribution in [2.75, 3.05) is 20.8 Å². The van der Waals surface area contributed by atoms with E-state index in [2.05, 4.69) is 0 Å². The van der Waals surface area contributed by atoms with Crippen LogP contribution in [-0.4, -0.2) is 44.0 Å². The van der Waals surface area contributed by atoms with Crippen LogP contribution >= 0.6 is 0 Å². The van der Waals surface area contributed by atoms with Crippen LogP contribution in [0.1, 0.15) is 18.4 Å². The molecule has 1 aromatic carbocycles. The third-order valence-electron chi connectivity index (χ3n) is 3.43. The molecule has 0 aliphatic heterocycles. The molecule has 0 unspecified atom stereocenters. The molecule has 0 spiro atoms. The van der Waals surface area contributed by atoms with Gasteiger partial charge in [-0.25, -0.2) is 8.78 Å². The first-order valence-corrected chi connectivity index (χ1v) is 7.04. The van der Waals surface area contributed by atoms with Crippen LogP contribution in [0.3, 0.4) is 0 Å². The number of hydrogen-bond acceptors (Lipinski definition) is 3. The molecule has 1 fully saturated rings. The van der Waals surface area contributed by atoms with Crippen LogP contribution in [0.15, 0.2) is 24.3 Å². The Bertz CT molecular complexity index is 556. The molecule has 1 amide bonds. The average molecular weight is 311 g/mol. The standard InChI is InChI=1S/C16H19F2NO3/c1-21-13-7-3-11(9-14(13)22-2)4-8-16(20)19(10-15(17)18)12-5-6-12/h3-4,7-9,12,15H,5-6,10H2,1-2H3/b8-4+. The van der Waals surface area contributed by atoms with E-state index in [0.717, 1.165) is 18.4 Å². The quantitative estimate of drug-likeness (QED) is 0.727. The zero-order valence-corrected chi connectivity index (χ0v) is 12.6. The van der Waals surface area contributed by atoms with Gasteiger partial charge in [-0.1, -0.05) is 6.07 Å². The predicted molar refractivity (Wildman–Crippen MR) is 79.3 cm³/mol. The number of amides is 1. The Kier molecular flexibility index (Phi) is 5.35. The fourth-order valence-electron chi connectivity index (χ4n) is 2.17. The summed E-state index contributed by atoms with van der Waals surface area (Å²) in [4.78, 5) is 13.3. The number of halogens is 2. The molecule has 4 nitrogen and oxygen atoms in total. The molecular weight excluding hydrogens is 292 g/mol. The normalized spacial score (nSPS) is 14.4. The zero-order chi connectivity index (χ0) is 16.1. The second-order valence-electron chi connectivity index (χ2n) is 5.06. The van der Waals surface area contributed by atoms with Crippen molar-refractivity contribution in [3.8, 4) is 11.5 Å². The molecule has 0 heterocycles. The van der Waals surface area contributed by atoms with Crippen molar-refractivity contribution in [3.63, 3.8) is 0 Å². The molecule has 1 aliphatic rings. The summed E-state index contributed by atoms with van der Waals surface area (Å²) in [6, 6.07) is 5.16. The molecule has 1 aromatic rings. The minimum absolute atomic E-state index is 0.0449. The van der Waals surface area contributed by atoms with Crippen LogP contribution in [0.2, 0.25) is 0 Å². The molecule has 120 valence electrons. The lowest BCUT2D eigenvalue weighted by atomic mass is 10.2. The number of alkyl halides is 2. The van der Waals surface area contributed by atoms with Crippen LogP contribution in [0, 0.1) is 0 Å². The van der Waals surface area contributed by atoms with Crippen molar-refractivity contribution in [2.45, 2.75) is 25.3 Å². The SMILES string of the molecule is COc1ccc(/C=C/C(=O)N(CC(F)F)C2CC2)cc1OC. The minimum Gasteiger partial charge on any atom is -0.493 e. The van der Waals surface area contributed by atoms with Gasteiger partial charge >= 0.3 is 0 Å². The topological polar surface area (TPSA) is 38.8 Å². The highest BCUT2D eigenvalue weighted by Crippen LogP contribution is 2.29. The van der Waals surface area contributed by atoms with E-state index in [1.165, 1.54) is 25.2 Å². The lowest BCUT2D eigenvalue weighted by Gasteiger charge is -2.20. The molecule has 0 saturated heterocycles. The predicted octanol–water partition coefficient (Wildman–Crippen LogP) is 2.97. The Hall–Kier alpha value is -2.11. The van der Waals surface area contributed by atoms with Crippen molar-refractivity contribution >= 4 is 12.0 Å². The molecule has 0 atom stereocenters. The lowest BCUT2D eigenvalue weighted by Crippen LogP contribution is -2.35. The second kappa shape index (κ2) is 7.24. The average Bonchev–Trinajstić information content (AvgIpc) is 3.34. The van der Waals surface area contributed by atoms with Gasteiger partial charge in [0.05, 0.1) is 20.8 Å². The van der Waals surface area contributed by atoms with E-state index in [1.54, 1.807) is 24.3 Å². The smallest absolute Gasteiger partial charge is 0.255 e. The number of carbonyl (C=O) groups is 1. The number of carbonyl (C=O) groups excluding carboxylic acids is 1. The summed E-state index contributed by atoms with van der Waals surface area (Å²) in [7, 11) is 3.06. The summed E-state index contributed by atoms with van der Waals surface area (Å²) in [5, 5.41) is 0. The van der Waals surface area contributed by atoms with Gasteiger partial charge in [-0.3, -0.25) is 4.79 Å². The number of nitrogens with zero attached hydrogens (tertiary/aromatic N) is 1. The summed E-state index contributed by atoms with van der Waals surface area (Å²) in [6.45, 7) is -0.514. The van der Waals surface area contributed by atoms with Crippen LogP contribution in [0.25, 0.3) is 6.08 Å². The Morgan fingerprint density at radius 1 is 1.32 bits per heavy atom. The number of rotatable bonds is 7. The van der Waals surface area contributed by atoms with Gasteiger partial charge in [0.15, 0.2) is 11.5 Å². The molecule has 0 bridgehead atoms. The maximum Gasteiger partial charge on any atom is 0.255 e. The maximum atomic E-state index is 12.5. The van der Waals surface area contributed by atoms with Gasteiger partial charge in [0.1, 0.15) is 0 Å². The van der Waals surface area contributed by atoms with E-state index in [9.17, 15) is 13.6 Å². The van der Waals surface area contributed by atoms with E-state index in [0.29, 0.717) is 11.5 Å². The van der Waals surface area contributed by atoms with E-state index < -0.39 is 18.9 Å². The lowest BCUT2D eigenvalue weighted by molar-refractivity contribution is -0.128. The van der Waals surface area contributed by atoms with Gasteiger partial charge in [0, 0.05) is 12.1 Å². The van der Waals surface area contributed by atoms with Crippen LogP contribution in [-0.2, 0) is 4.79 Å². The van der Waals surface area contributed by atoms with Crippen molar-refractivity contribution in [1.82, 2.24) is 4.90 Å². The van der Waals surface area contributed by atoms with Crippen molar-refractivity contribution in [2.24, 2.45) is 0 Å². The fraction of sp³-hybridized carbons (Fsp3) is 0.438. The first-order valence-electron chi connectivity index (χ1n) is 7.04. The van der Waals surface area contributed by atoms with E-state index in [1.807, 2.05) is 0 Å². The largest absolute Gasteiger partial charge is 0.493 e. The summed E-state index contributed by atoms with van der Waals surface area (Å²) < 4.78 is 35.4. The number of ether oxygens (including phenoxy) is 2. The maximum absolute atomic E-state index is 12.5. The van der Waals surface area contributed by atoms with Crippen LogP contribution in [0.4, 0.5) is 8.78 Å². The van der Waals surface area contributed by atoms with E-state index in [-0.39, 0.29) is 6.04 Å². The summed E-state index contributed by atoms with van der Waals surface area (Å²) >= 11 is 0. The van der Waals surface area contributed by atoms with Gasteiger partial charge in [0.25, 0.3) is 6.43 Å². The van der Waals surface area contributed by atoms with Crippen molar-refractivity contribution in [3.05, 3.63) is 29.8 Å². The fourth-order valence-corrected chi connectivity index (χ4v) is 2.17. The molecule has 0 N–H and O–H groups in total. The zero-order valence-electron chi connectivity index (χ0n) is 12.6. The highest BCUT2D eigenvalue weighted by atomic mass is 19.3. The number of hydrogen-bond donors (Lipinski definition) is 0. The second-order valence-corrected chi connectivity index (χ2v) is 5.06. The molecule has 0 radical (unpaired) electrons. The monoisotopic (exact) mass is 311 g/mol. The first-order chi connectivity index (χ1) is 10.5. The molecule has 2 rings (SSSR count).